The van der Waals surface area contributed by atoms with Gasteiger partial charge in [0.2, 0.25) is 0 Å². The molecular formula is C10H11N3O2. The van der Waals surface area contributed by atoms with Crippen LogP contribution in [0.25, 0.3) is 11.0 Å². The number of rotatable bonds is 3. The lowest BCUT2D eigenvalue weighted by Crippen LogP contribution is -2.34. The number of carboxylic acid groups (broad SMARTS) is 1. The predicted octanol–water partition coefficient (Wildman–Crippen LogP) is 0.448. The number of nitrogens with two attached hydrogens (primary N) is 1. The molecule has 1 atom stereocenters. The SMILES string of the molecule is NC(Cn1ccc2ncccc21)C(=O)O. The van der Waals surface area contributed by atoms with Crippen molar-refractivity contribution in [2.24, 2.45) is 5.73 Å². The molecule has 0 aromatic carbocycles. The highest BCUT2D eigenvalue weighted by molar-refractivity contribution is 5.76. The van der Waals surface area contributed by atoms with Gasteiger partial charge < -0.3 is 15.4 Å². The van der Waals surface area contributed by atoms with E-state index >= 15 is 0 Å². The summed E-state index contributed by atoms with van der Waals surface area (Å²) in [6, 6.07) is 4.65. The smallest absolute Gasteiger partial charge is 0.322 e. The Hall–Kier alpha value is -1.88. The summed E-state index contributed by atoms with van der Waals surface area (Å²) >= 11 is 0. The van der Waals surface area contributed by atoms with Gasteiger partial charge in [-0.1, -0.05) is 0 Å². The lowest BCUT2D eigenvalue weighted by molar-refractivity contribution is -0.138. The van der Waals surface area contributed by atoms with Gasteiger partial charge in [0.25, 0.3) is 0 Å². The van der Waals surface area contributed by atoms with Crippen LogP contribution in [0.3, 0.4) is 0 Å². The molecule has 3 N–H and O–H groups in total. The maximum absolute atomic E-state index is 10.6. The van der Waals surface area contributed by atoms with Gasteiger partial charge in [-0.25, -0.2) is 0 Å². The van der Waals surface area contributed by atoms with Crippen LogP contribution < -0.4 is 5.73 Å². The second kappa shape index (κ2) is 3.70. The van der Waals surface area contributed by atoms with Crippen molar-refractivity contribution in [3.8, 4) is 0 Å². The molecule has 5 nitrogen and oxygen atoms in total. The predicted molar refractivity (Wildman–Crippen MR) is 55.3 cm³/mol. The third-order valence-corrected chi connectivity index (χ3v) is 2.25. The van der Waals surface area contributed by atoms with E-state index < -0.39 is 12.0 Å². The Balaban J connectivity index is 2.32. The third kappa shape index (κ3) is 1.82. The Morgan fingerprint density at radius 3 is 3.13 bits per heavy atom. The van der Waals surface area contributed by atoms with E-state index in [1.807, 2.05) is 18.2 Å². The first-order chi connectivity index (χ1) is 7.18. The van der Waals surface area contributed by atoms with E-state index in [0.717, 1.165) is 11.0 Å². The quantitative estimate of drug-likeness (QED) is 0.762. The number of nitrogens with zero attached hydrogens (tertiary/aromatic N) is 2. The number of pyridine rings is 1. The van der Waals surface area contributed by atoms with Crippen molar-refractivity contribution in [2.75, 3.05) is 0 Å². The first-order valence-electron chi connectivity index (χ1n) is 4.57. The molecule has 0 fully saturated rings. The summed E-state index contributed by atoms with van der Waals surface area (Å²) in [7, 11) is 0. The fourth-order valence-electron chi connectivity index (χ4n) is 1.47. The summed E-state index contributed by atoms with van der Waals surface area (Å²) in [5.41, 5.74) is 7.20. The van der Waals surface area contributed by atoms with Crippen molar-refractivity contribution in [3.05, 3.63) is 30.6 Å². The zero-order valence-electron chi connectivity index (χ0n) is 8.00. The van der Waals surface area contributed by atoms with Crippen LogP contribution in [0.5, 0.6) is 0 Å². The summed E-state index contributed by atoms with van der Waals surface area (Å²) in [5.74, 6) is -0.999. The van der Waals surface area contributed by atoms with Crippen LogP contribution in [0.1, 0.15) is 0 Å². The maximum Gasteiger partial charge on any atom is 0.322 e. The van der Waals surface area contributed by atoms with Crippen molar-refractivity contribution in [2.45, 2.75) is 12.6 Å². The Morgan fingerprint density at radius 2 is 2.40 bits per heavy atom. The molecule has 15 heavy (non-hydrogen) atoms. The number of fused-ring (bicyclic) bond motifs is 1. The van der Waals surface area contributed by atoms with Gasteiger partial charge in [0.05, 0.1) is 11.0 Å². The van der Waals surface area contributed by atoms with E-state index in [0.29, 0.717) is 0 Å². The number of carboxylic acids is 1. The minimum Gasteiger partial charge on any atom is -0.480 e. The average Bonchev–Trinajstić information content (AvgIpc) is 2.62. The molecule has 0 aliphatic heterocycles. The Labute approximate surface area is 86.1 Å². The molecule has 2 aromatic heterocycles. The van der Waals surface area contributed by atoms with E-state index in [2.05, 4.69) is 4.98 Å². The molecule has 2 rings (SSSR count). The van der Waals surface area contributed by atoms with Crippen LogP contribution in [0.2, 0.25) is 0 Å². The molecule has 0 aliphatic rings. The fourth-order valence-corrected chi connectivity index (χ4v) is 1.47. The van der Waals surface area contributed by atoms with Crippen molar-refractivity contribution in [1.29, 1.82) is 0 Å². The summed E-state index contributed by atoms with van der Waals surface area (Å²) < 4.78 is 1.79. The molecule has 0 radical (unpaired) electrons. The van der Waals surface area contributed by atoms with Gasteiger partial charge in [-0.15, -0.1) is 0 Å². The monoisotopic (exact) mass is 205 g/mol. The summed E-state index contributed by atoms with van der Waals surface area (Å²) in [5, 5.41) is 8.70. The first kappa shape index (κ1) is 9.67. The van der Waals surface area contributed by atoms with E-state index in [9.17, 15) is 4.79 Å². The van der Waals surface area contributed by atoms with Crippen LogP contribution in [0, 0.1) is 0 Å². The van der Waals surface area contributed by atoms with Gasteiger partial charge in [0.15, 0.2) is 0 Å². The number of aromatic nitrogens is 2. The largest absolute Gasteiger partial charge is 0.480 e. The molecular weight excluding hydrogens is 194 g/mol. The minimum atomic E-state index is -0.999. The van der Waals surface area contributed by atoms with E-state index in [-0.39, 0.29) is 6.54 Å². The Kier molecular flexibility index (Phi) is 2.39. The minimum absolute atomic E-state index is 0.254. The van der Waals surface area contributed by atoms with E-state index in [4.69, 9.17) is 10.8 Å². The number of carbonyl (C=O) groups is 1. The van der Waals surface area contributed by atoms with Gasteiger partial charge >= 0.3 is 5.97 Å². The topological polar surface area (TPSA) is 81.1 Å². The molecule has 78 valence electrons. The molecule has 0 bridgehead atoms. The van der Waals surface area contributed by atoms with E-state index in [1.54, 1.807) is 17.0 Å². The van der Waals surface area contributed by atoms with Crippen LogP contribution in [0.4, 0.5) is 0 Å². The molecule has 1 unspecified atom stereocenters. The summed E-state index contributed by atoms with van der Waals surface area (Å²) in [6.45, 7) is 0.254. The summed E-state index contributed by atoms with van der Waals surface area (Å²) in [6.07, 6.45) is 3.49. The standard InChI is InChI=1S/C10H11N3O2/c11-7(10(14)15)6-13-5-3-8-9(13)2-1-4-12-8/h1-5,7H,6,11H2,(H,14,15). The average molecular weight is 205 g/mol. The summed E-state index contributed by atoms with van der Waals surface area (Å²) in [4.78, 5) is 14.8. The first-order valence-corrected chi connectivity index (χ1v) is 4.57. The number of hydrogen-bond donors (Lipinski definition) is 2. The zero-order valence-corrected chi connectivity index (χ0v) is 8.00. The van der Waals surface area contributed by atoms with Gasteiger partial charge in [-0.2, -0.15) is 0 Å². The molecule has 2 aromatic rings. The van der Waals surface area contributed by atoms with Gasteiger partial charge in [-0.3, -0.25) is 9.78 Å². The second-order valence-corrected chi connectivity index (χ2v) is 3.32. The fraction of sp³-hybridized carbons (Fsp3) is 0.200. The van der Waals surface area contributed by atoms with Gasteiger partial charge in [0, 0.05) is 18.9 Å². The second-order valence-electron chi connectivity index (χ2n) is 3.32. The Morgan fingerprint density at radius 1 is 1.60 bits per heavy atom. The van der Waals surface area contributed by atoms with Crippen molar-refractivity contribution >= 4 is 17.0 Å². The molecule has 2 heterocycles. The van der Waals surface area contributed by atoms with Crippen molar-refractivity contribution in [3.63, 3.8) is 0 Å². The number of aliphatic carboxylic acids is 1. The third-order valence-electron chi connectivity index (χ3n) is 2.25. The van der Waals surface area contributed by atoms with Crippen molar-refractivity contribution < 1.29 is 9.90 Å². The van der Waals surface area contributed by atoms with Crippen LogP contribution in [-0.4, -0.2) is 26.7 Å². The van der Waals surface area contributed by atoms with Gasteiger partial charge in [0.1, 0.15) is 6.04 Å². The Bertz CT molecular complexity index is 492. The molecule has 0 saturated carbocycles. The molecule has 0 saturated heterocycles. The maximum atomic E-state index is 10.6. The lowest BCUT2D eigenvalue weighted by Gasteiger charge is -2.08. The molecule has 0 aliphatic carbocycles. The van der Waals surface area contributed by atoms with Crippen LogP contribution >= 0.6 is 0 Å². The lowest BCUT2D eigenvalue weighted by atomic mass is 10.3. The highest BCUT2D eigenvalue weighted by Gasteiger charge is 2.12. The van der Waals surface area contributed by atoms with Crippen LogP contribution in [-0.2, 0) is 11.3 Å². The van der Waals surface area contributed by atoms with Gasteiger partial charge in [-0.05, 0) is 18.2 Å². The van der Waals surface area contributed by atoms with E-state index in [1.165, 1.54) is 0 Å². The normalized spacial score (nSPS) is 12.9. The highest BCUT2D eigenvalue weighted by atomic mass is 16.4. The molecule has 0 spiro atoms. The molecule has 0 amide bonds. The highest BCUT2D eigenvalue weighted by Crippen LogP contribution is 2.12. The molecule has 5 heteroatoms. The zero-order chi connectivity index (χ0) is 10.8. The van der Waals surface area contributed by atoms with Crippen molar-refractivity contribution in [1.82, 2.24) is 9.55 Å². The number of hydrogen-bond acceptors (Lipinski definition) is 3. The van der Waals surface area contributed by atoms with Crippen LogP contribution in [0.15, 0.2) is 30.6 Å².